The highest BCUT2D eigenvalue weighted by Gasteiger charge is 2.09. The standard InChI is InChI=1S/C10H10Br2O3/c1-2-15-9(13)5-6-3-7(11)10(14)8(12)4-6/h3-4,14H,2,5H2,1H3. The van der Waals surface area contributed by atoms with Crippen LogP contribution in [0.25, 0.3) is 0 Å². The summed E-state index contributed by atoms with van der Waals surface area (Å²) in [7, 11) is 0. The summed E-state index contributed by atoms with van der Waals surface area (Å²) in [5.41, 5.74) is 0.782. The van der Waals surface area contributed by atoms with Gasteiger partial charge in [0.1, 0.15) is 5.75 Å². The summed E-state index contributed by atoms with van der Waals surface area (Å²) in [4.78, 5) is 11.2. The number of phenolic OH excluding ortho intramolecular Hbond substituents is 1. The molecule has 0 heterocycles. The summed E-state index contributed by atoms with van der Waals surface area (Å²) in [5, 5.41) is 9.46. The lowest BCUT2D eigenvalue weighted by molar-refractivity contribution is -0.142. The third-order valence-corrected chi connectivity index (χ3v) is 2.94. The first-order valence-electron chi connectivity index (χ1n) is 4.37. The van der Waals surface area contributed by atoms with Crippen LogP contribution in [0.2, 0.25) is 0 Å². The maximum atomic E-state index is 11.2. The van der Waals surface area contributed by atoms with Crippen LogP contribution in [0.15, 0.2) is 21.1 Å². The Morgan fingerprint density at radius 1 is 1.40 bits per heavy atom. The number of benzene rings is 1. The van der Waals surface area contributed by atoms with Gasteiger partial charge in [-0.3, -0.25) is 4.79 Å². The Hall–Kier alpha value is -0.550. The van der Waals surface area contributed by atoms with E-state index in [0.717, 1.165) is 5.56 Å². The Labute approximate surface area is 105 Å². The van der Waals surface area contributed by atoms with Crippen molar-refractivity contribution in [2.24, 2.45) is 0 Å². The van der Waals surface area contributed by atoms with Crippen molar-refractivity contribution < 1.29 is 14.6 Å². The van der Waals surface area contributed by atoms with Gasteiger partial charge in [-0.2, -0.15) is 0 Å². The smallest absolute Gasteiger partial charge is 0.310 e. The third kappa shape index (κ3) is 3.50. The maximum Gasteiger partial charge on any atom is 0.310 e. The molecule has 0 aliphatic heterocycles. The van der Waals surface area contributed by atoms with Gasteiger partial charge in [-0.25, -0.2) is 0 Å². The quantitative estimate of drug-likeness (QED) is 0.862. The lowest BCUT2D eigenvalue weighted by Crippen LogP contribution is -2.07. The fourth-order valence-corrected chi connectivity index (χ4v) is 2.38. The van der Waals surface area contributed by atoms with Gasteiger partial charge in [0.2, 0.25) is 0 Å². The number of phenols is 1. The van der Waals surface area contributed by atoms with Crippen LogP contribution in [0.1, 0.15) is 12.5 Å². The van der Waals surface area contributed by atoms with Gasteiger partial charge in [0.05, 0.1) is 22.0 Å². The zero-order valence-electron chi connectivity index (χ0n) is 8.09. The number of hydrogen-bond acceptors (Lipinski definition) is 3. The Kier molecular flexibility index (Phi) is 4.60. The molecule has 5 heteroatoms. The molecule has 0 saturated heterocycles. The highest BCUT2D eigenvalue weighted by atomic mass is 79.9. The van der Waals surface area contributed by atoms with E-state index >= 15 is 0 Å². The van der Waals surface area contributed by atoms with E-state index in [0.29, 0.717) is 15.6 Å². The predicted octanol–water partition coefficient (Wildman–Crippen LogP) is 3.02. The molecule has 0 spiro atoms. The van der Waals surface area contributed by atoms with Crippen LogP contribution in [0.5, 0.6) is 5.75 Å². The largest absolute Gasteiger partial charge is 0.506 e. The van der Waals surface area contributed by atoms with Crippen molar-refractivity contribution in [3.8, 4) is 5.75 Å². The minimum atomic E-state index is -0.276. The van der Waals surface area contributed by atoms with Crippen LogP contribution in [0, 0.1) is 0 Å². The highest BCUT2D eigenvalue weighted by Crippen LogP contribution is 2.33. The summed E-state index contributed by atoms with van der Waals surface area (Å²) < 4.78 is 5.93. The monoisotopic (exact) mass is 336 g/mol. The second-order valence-corrected chi connectivity index (χ2v) is 4.60. The second-order valence-electron chi connectivity index (χ2n) is 2.89. The molecule has 82 valence electrons. The molecule has 0 saturated carbocycles. The maximum absolute atomic E-state index is 11.2. The molecular formula is C10H10Br2O3. The van der Waals surface area contributed by atoms with Gasteiger partial charge >= 0.3 is 5.97 Å². The molecular weight excluding hydrogens is 328 g/mol. The number of carbonyl (C=O) groups excluding carboxylic acids is 1. The molecule has 1 rings (SSSR count). The molecule has 0 aliphatic rings. The van der Waals surface area contributed by atoms with E-state index in [2.05, 4.69) is 31.9 Å². The molecule has 1 N–H and O–H groups in total. The Bertz CT molecular complexity index is 354. The van der Waals surface area contributed by atoms with E-state index in [1.807, 2.05) is 0 Å². The van der Waals surface area contributed by atoms with Crippen molar-refractivity contribution in [1.82, 2.24) is 0 Å². The van der Waals surface area contributed by atoms with Crippen LogP contribution in [-0.4, -0.2) is 17.7 Å². The zero-order chi connectivity index (χ0) is 11.4. The average molecular weight is 338 g/mol. The van der Waals surface area contributed by atoms with Crippen molar-refractivity contribution in [1.29, 1.82) is 0 Å². The van der Waals surface area contributed by atoms with E-state index in [-0.39, 0.29) is 18.1 Å². The molecule has 0 aliphatic carbocycles. The lowest BCUT2D eigenvalue weighted by atomic mass is 10.1. The molecule has 0 amide bonds. The first-order valence-corrected chi connectivity index (χ1v) is 5.95. The molecule has 0 radical (unpaired) electrons. The van der Waals surface area contributed by atoms with E-state index < -0.39 is 0 Å². The van der Waals surface area contributed by atoms with Crippen LogP contribution in [-0.2, 0) is 16.0 Å². The van der Waals surface area contributed by atoms with Crippen LogP contribution in [0.3, 0.4) is 0 Å². The zero-order valence-corrected chi connectivity index (χ0v) is 11.3. The third-order valence-electron chi connectivity index (χ3n) is 1.73. The molecule has 1 aromatic carbocycles. The van der Waals surface area contributed by atoms with Gasteiger partial charge < -0.3 is 9.84 Å². The Morgan fingerprint density at radius 2 is 1.93 bits per heavy atom. The number of halogens is 2. The number of esters is 1. The van der Waals surface area contributed by atoms with E-state index in [1.54, 1.807) is 19.1 Å². The molecule has 0 atom stereocenters. The molecule has 15 heavy (non-hydrogen) atoms. The summed E-state index contributed by atoms with van der Waals surface area (Å²) >= 11 is 6.39. The topological polar surface area (TPSA) is 46.5 Å². The predicted molar refractivity (Wildman–Crippen MR) is 63.8 cm³/mol. The van der Waals surface area contributed by atoms with Crippen molar-refractivity contribution in [3.05, 3.63) is 26.6 Å². The van der Waals surface area contributed by atoms with Gasteiger partial charge in [-0.05, 0) is 56.5 Å². The molecule has 0 unspecified atom stereocenters. The normalized spacial score (nSPS) is 10.1. The summed E-state index contributed by atoms with van der Waals surface area (Å²) in [6.45, 7) is 2.14. The van der Waals surface area contributed by atoms with Crippen molar-refractivity contribution >= 4 is 37.8 Å². The first kappa shape index (κ1) is 12.5. The van der Waals surface area contributed by atoms with Gasteiger partial charge in [-0.15, -0.1) is 0 Å². The Balaban J connectivity index is 2.83. The minimum Gasteiger partial charge on any atom is -0.506 e. The van der Waals surface area contributed by atoms with Gasteiger partial charge in [0, 0.05) is 0 Å². The molecule has 1 aromatic rings. The van der Waals surface area contributed by atoms with E-state index in [4.69, 9.17) is 4.74 Å². The van der Waals surface area contributed by atoms with Crippen molar-refractivity contribution in [2.75, 3.05) is 6.61 Å². The average Bonchev–Trinajstić information content (AvgIpc) is 2.14. The van der Waals surface area contributed by atoms with E-state index in [9.17, 15) is 9.90 Å². The summed E-state index contributed by atoms with van der Waals surface area (Å²) in [5.74, 6) is -0.149. The first-order chi connectivity index (χ1) is 7.04. The van der Waals surface area contributed by atoms with Gasteiger partial charge in [-0.1, -0.05) is 0 Å². The number of rotatable bonds is 3. The van der Waals surface area contributed by atoms with Crippen molar-refractivity contribution in [2.45, 2.75) is 13.3 Å². The highest BCUT2D eigenvalue weighted by molar-refractivity contribution is 9.11. The second kappa shape index (κ2) is 5.51. The number of ether oxygens (including phenoxy) is 1. The SMILES string of the molecule is CCOC(=O)Cc1cc(Br)c(O)c(Br)c1. The minimum absolute atomic E-state index is 0.127. The molecule has 0 fully saturated rings. The molecule has 0 bridgehead atoms. The van der Waals surface area contributed by atoms with Crippen LogP contribution < -0.4 is 0 Å². The van der Waals surface area contributed by atoms with Gasteiger partial charge in [0.15, 0.2) is 0 Å². The summed E-state index contributed by atoms with van der Waals surface area (Å²) in [6.07, 6.45) is 0.200. The van der Waals surface area contributed by atoms with Crippen LogP contribution >= 0.6 is 31.9 Å². The fourth-order valence-electron chi connectivity index (χ4n) is 1.10. The molecule has 0 aromatic heterocycles. The Morgan fingerprint density at radius 3 is 2.40 bits per heavy atom. The molecule has 3 nitrogen and oxygen atoms in total. The number of aromatic hydroxyl groups is 1. The fraction of sp³-hybridized carbons (Fsp3) is 0.300. The van der Waals surface area contributed by atoms with Gasteiger partial charge in [0.25, 0.3) is 0 Å². The van der Waals surface area contributed by atoms with Crippen LogP contribution in [0.4, 0.5) is 0 Å². The number of carbonyl (C=O) groups is 1. The lowest BCUT2D eigenvalue weighted by Gasteiger charge is -2.05. The summed E-state index contributed by atoms with van der Waals surface area (Å²) in [6, 6.07) is 3.38. The van der Waals surface area contributed by atoms with Crippen molar-refractivity contribution in [3.63, 3.8) is 0 Å². The van der Waals surface area contributed by atoms with E-state index in [1.165, 1.54) is 0 Å². The number of hydrogen-bond donors (Lipinski definition) is 1.